The van der Waals surface area contributed by atoms with Gasteiger partial charge in [-0.1, -0.05) is 6.08 Å². The van der Waals surface area contributed by atoms with Gasteiger partial charge >= 0.3 is 6.09 Å². The number of alkyl carbamates (subject to hydrolysis) is 1. The van der Waals surface area contributed by atoms with Gasteiger partial charge in [-0.25, -0.2) is 9.78 Å². The fraction of sp³-hybridized carbons (Fsp3) is 0.308. The summed E-state index contributed by atoms with van der Waals surface area (Å²) in [5.41, 5.74) is 1.10. The maximum absolute atomic E-state index is 11.3. The zero-order chi connectivity index (χ0) is 14.3. The lowest BCUT2D eigenvalue weighted by atomic mass is 10.1. The van der Waals surface area contributed by atoms with Gasteiger partial charge in [-0.3, -0.25) is 4.79 Å². The van der Waals surface area contributed by atoms with E-state index in [1.807, 2.05) is 0 Å². The summed E-state index contributed by atoms with van der Waals surface area (Å²) in [6.45, 7) is 1.78. The summed E-state index contributed by atoms with van der Waals surface area (Å²) in [7, 11) is 2.78. The van der Waals surface area contributed by atoms with Gasteiger partial charge in [0.25, 0.3) is 0 Å². The number of carbonyl (C=O) groups excluding carboxylic acids is 2. The van der Waals surface area contributed by atoms with E-state index in [0.29, 0.717) is 23.7 Å². The Morgan fingerprint density at radius 2 is 2.11 bits per heavy atom. The second-order valence-corrected chi connectivity index (χ2v) is 3.65. The molecule has 6 heteroatoms. The van der Waals surface area contributed by atoms with Crippen molar-refractivity contribution in [1.82, 2.24) is 10.3 Å². The number of hydrogen-bond acceptors (Lipinski definition) is 5. The smallest absolute Gasteiger partial charge is 0.407 e. The minimum Gasteiger partial charge on any atom is -0.481 e. The number of methoxy groups -OCH3 is 2. The van der Waals surface area contributed by atoms with Crippen molar-refractivity contribution < 1.29 is 19.1 Å². The van der Waals surface area contributed by atoms with Crippen LogP contribution in [0.2, 0.25) is 0 Å². The van der Waals surface area contributed by atoms with Crippen molar-refractivity contribution in [3.63, 3.8) is 0 Å². The molecule has 0 aliphatic carbocycles. The molecule has 19 heavy (non-hydrogen) atoms. The molecule has 0 aliphatic heterocycles. The van der Waals surface area contributed by atoms with Crippen molar-refractivity contribution >= 4 is 18.0 Å². The number of ketones is 1. The third-order valence-corrected chi connectivity index (χ3v) is 2.28. The first-order valence-corrected chi connectivity index (χ1v) is 5.62. The van der Waals surface area contributed by atoms with Crippen molar-refractivity contribution in [1.29, 1.82) is 0 Å². The fourth-order valence-electron chi connectivity index (χ4n) is 1.31. The number of aromatic nitrogens is 1. The molecule has 0 spiro atoms. The summed E-state index contributed by atoms with van der Waals surface area (Å²) < 4.78 is 9.45. The molecule has 0 saturated heterocycles. The molecule has 0 fully saturated rings. The number of rotatable bonds is 5. The Bertz CT molecular complexity index is 497. The van der Waals surface area contributed by atoms with E-state index in [0.717, 1.165) is 0 Å². The molecule has 0 radical (unpaired) electrons. The molecule has 1 amide bonds. The molecule has 1 rings (SSSR count). The third-order valence-electron chi connectivity index (χ3n) is 2.28. The predicted octanol–water partition coefficient (Wildman–Crippen LogP) is 1.66. The molecule has 1 heterocycles. The molecule has 0 atom stereocenters. The first-order chi connectivity index (χ1) is 9.06. The quantitative estimate of drug-likeness (QED) is 0.818. The summed E-state index contributed by atoms with van der Waals surface area (Å²) in [5.74, 6) is 0.302. The van der Waals surface area contributed by atoms with E-state index in [1.54, 1.807) is 24.3 Å². The van der Waals surface area contributed by atoms with E-state index in [2.05, 4.69) is 15.0 Å². The van der Waals surface area contributed by atoms with Gasteiger partial charge < -0.3 is 14.8 Å². The molecule has 6 nitrogen and oxygen atoms in total. The first kappa shape index (κ1) is 14.7. The molecule has 1 aromatic heterocycles. The second-order valence-electron chi connectivity index (χ2n) is 3.65. The normalized spacial score (nSPS) is 10.3. The highest BCUT2D eigenvalue weighted by Gasteiger charge is 2.04. The SMILES string of the molecule is COC(=O)NCC=Cc1cc(C(C)=O)cc(OC)n1. The summed E-state index contributed by atoms with van der Waals surface area (Å²) in [5, 5.41) is 2.49. The first-order valence-electron chi connectivity index (χ1n) is 5.62. The van der Waals surface area contributed by atoms with Crippen LogP contribution in [-0.2, 0) is 4.74 Å². The van der Waals surface area contributed by atoms with E-state index in [9.17, 15) is 9.59 Å². The van der Waals surface area contributed by atoms with Crippen molar-refractivity contribution in [2.75, 3.05) is 20.8 Å². The van der Waals surface area contributed by atoms with E-state index in [4.69, 9.17) is 4.74 Å². The Balaban J connectivity index is 2.77. The van der Waals surface area contributed by atoms with E-state index in [-0.39, 0.29) is 5.78 Å². The van der Waals surface area contributed by atoms with Crippen LogP contribution in [0.5, 0.6) is 5.88 Å². The number of hydrogen-bond donors (Lipinski definition) is 1. The maximum atomic E-state index is 11.3. The van der Waals surface area contributed by atoms with Gasteiger partial charge in [0.15, 0.2) is 5.78 Å². The van der Waals surface area contributed by atoms with Gasteiger partial charge in [0.05, 0.1) is 19.9 Å². The van der Waals surface area contributed by atoms with Crippen LogP contribution in [0.1, 0.15) is 23.0 Å². The standard InChI is InChI=1S/C13H16N2O4/c1-9(16)10-7-11(15-12(8-10)18-2)5-4-6-14-13(17)19-3/h4-5,7-8H,6H2,1-3H3,(H,14,17). The van der Waals surface area contributed by atoms with E-state index < -0.39 is 6.09 Å². The molecule has 0 saturated carbocycles. The van der Waals surface area contributed by atoms with E-state index in [1.165, 1.54) is 21.1 Å². The molecular weight excluding hydrogens is 248 g/mol. The van der Waals surface area contributed by atoms with Crippen LogP contribution in [-0.4, -0.2) is 37.6 Å². The number of nitrogens with one attached hydrogen (secondary N) is 1. The number of pyridine rings is 1. The lowest BCUT2D eigenvalue weighted by Gasteiger charge is -2.03. The Hall–Kier alpha value is -2.37. The number of amides is 1. The zero-order valence-corrected chi connectivity index (χ0v) is 11.1. The van der Waals surface area contributed by atoms with E-state index >= 15 is 0 Å². The Morgan fingerprint density at radius 1 is 1.37 bits per heavy atom. The minimum absolute atomic E-state index is 0.0666. The number of nitrogens with zero attached hydrogens (tertiary/aromatic N) is 1. The average molecular weight is 264 g/mol. The summed E-state index contributed by atoms with van der Waals surface area (Å²) in [4.78, 5) is 26.3. The number of carbonyl (C=O) groups is 2. The minimum atomic E-state index is -0.507. The Kier molecular flexibility index (Phi) is 5.53. The monoisotopic (exact) mass is 264 g/mol. The molecule has 0 aromatic carbocycles. The second kappa shape index (κ2) is 7.15. The van der Waals surface area contributed by atoms with Crippen molar-refractivity contribution in [3.8, 4) is 5.88 Å². The van der Waals surface area contributed by atoms with Crippen molar-refractivity contribution in [3.05, 3.63) is 29.5 Å². The lowest BCUT2D eigenvalue weighted by Crippen LogP contribution is -2.22. The molecule has 1 aromatic rings. The highest BCUT2D eigenvalue weighted by molar-refractivity contribution is 5.94. The van der Waals surface area contributed by atoms with Crippen LogP contribution in [0.4, 0.5) is 4.79 Å². The molecule has 0 aliphatic rings. The molecule has 0 bridgehead atoms. The third kappa shape index (κ3) is 4.79. The Labute approximate surface area is 111 Å². The van der Waals surface area contributed by atoms with Gasteiger partial charge in [-0.05, 0) is 19.1 Å². The zero-order valence-electron chi connectivity index (χ0n) is 11.1. The Morgan fingerprint density at radius 3 is 2.68 bits per heavy atom. The van der Waals surface area contributed by atoms with Gasteiger partial charge in [-0.2, -0.15) is 0 Å². The van der Waals surface area contributed by atoms with Crippen molar-refractivity contribution in [2.45, 2.75) is 6.92 Å². The lowest BCUT2D eigenvalue weighted by molar-refractivity contribution is 0.101. The van der Waals surface area contributed by atoms with Crippen LogP contribution in [0.15, 0.2) is 18.2 Å². The molecule has 102 valence electrons. The van der Waals surface area contributed by atoms with Crippen molar-refractivity contribution in [2.24, 2.45) is 0 Å². The van der Waals surface area contributed by atoms with Crippen LogP contribution in [0.25, 0.3) is 6.08 Å². The highest BCUT2D eigenvalue weighted by atomic mass is 16.5. The van der Waals surface area contributed by atoms with Crippen LogP contribution >= 0.6 is 0 Å². The largest absolute Gasteiger partial charge is 0.481 e. The topological polar surface area (TPSA) is 77.5 Å². The maximum Gasteiger partial charge on any atom is 0.407 e. The van der Waals surface area contributed by atoms with Crippen LogP contribution in [0.3, 0.4) is 0 Å². The van der Waals surface area contributed by atoms with Gasteiger partial charge in [-0.15, -0.1) is 0 Å². The van der Waals surface area contributed by atoms with Crippen LogP contribution < -0.4 is 10.1 Å². The molecule has 1 N–H and O–H groups in total. The average Bonchev–Trinajstić information content (AvgIpc) is 2.42. The molecular formula is C13H16N2O4. The van der Waals surface area contributed by atoms with Gasteiger partial charge in [0.1, 0.15) is 0 Å². The van der Waals surface area contributed by atoms with Gasteiger partial charge in [0, 0.05) is 18.2 Å². The number of Topliss-reactive ketones (excluding diaryl/α,β-unsaturated/α-hetero) is 1. The van der Waals surface area contributed by atoms with Crippen LogP contribution in [0, 0.1) is 0 Å². The van der Waals surface area contributed by atoms with Gasteiger partial charge in [0.2, 0.25) is 5.88 Å². The summed E-state index contributed by atoms with van der Waals surface area (Å²) in [6.07, 6.45) is 2.88. The fourth-order valence-corrected chi connectivity index (χ4v) is 1.31. The predicted molar refractivity (Wildman–Crippen MR) is 70.2 cm³/mol. The molecule has 0 unspecified atom stereocenters. The summed E-state index contributed by atoms with van der Waals surface area (Å²) >= 11 is 0. The highest BCUT2D eigenvalue weighted by Crippen LogP contribution is 2.13. The summed E-state index contributed by atoms with van der Waals surface area (Å²) in [6, 6.07) is 3.23. The number of ether oxygens (including phenoxy) is 2.